The summed E-state index contributed by atoms with van der Waals surface area (Å²) in [5.74, 6) is -0.0828. The van der Waals surface area contributed by atoms with E-state index in [1.807, 2.05) is 57.9 Å². The van der Waals surface area contributed by atoms with Crippen molar-refractivity contribution in [3.63, 3.8) is 0 Å². The molecule has 1 aliphatic heterocycles. The molecule has 1 unspecified atom stereocenters. The van der Waals surface area contributed by atoms with Crippen LogP contribution in [0.15, 0.2) is 60.9 Å². The Morgan fingerprint density at radius 2 is 1.81 bits per heavy atom. The van der Waals surface area contributed by atoms with E-state index in [0.717, 1.165) is 60.4 Å². The van der Waals surface area contributed by atoms with Gasteiger partial charge in [-0.15, -0.1) is 0 Å². The number of pyridine rings is 1. The van der Waals surface area contributed by atoms with Gasteiger partial charge in [0.05, 0.1) is 12.1 Å². The molecule has 2 amide bonds. The maximum absolute atomic E-state index is 13.4. The smallest absolute Gasteiger partial charge is 0.272 e. The number of carbonyl (C=O) groups excluding carboxylic acids is 2. The molecule has 0 bridgehead atoms. The van der Waals surface area contributed by atoms with Crippen LogP contribution in [0.4, 0.5) is 5.69 Å². The topological polar surface area (TPSA) is 92.5 Å². The second-order valence-corrected chi connectivity index (χ2v) is 9.64. The molecule has 4 heterocycles. The summed E-state index contributed by atoms with van der Waals surface area (Å²) in [5.41, 5.74) is 5.40. The first kappa shape index (κ1) is 24.6. The SMILES string of the molecule is CCc1cc(C(=O)N2CCCCCC2C)nc2cc(-c3ccc(NC(=O)Cc4ccncc4)cc3)nn12. The number of nitrogens with one attached hydrogen (secondary N) is 1. The molecule has 190 valence electrons. The van der Waals surface area contributed by atoms with Crippen LogP contribution in [0.1, 0.15) is 61.3 Å². The largest absolute Gasteiger partial charge is 0.335 e. The zero-order valence-electron chi connectivity index (χ0n) is 21.4. The molecule has 0 spiro atoms. The quantitative estimate of drug-likeness (QED) is 0.408. The second-order valence-electron chi connectivity index (χ2n) is 9.64. The van der Waals surface area contributed by atoms with E-state index in [0.29, 0.717) is 17.8 Å². The molecule has 1 aromatic carbocycles. The monoisotopic (exact) mass is 496 g/mol. The first-order valence-corrected chi connectivity index (χ1v) is 13.0. The molecule has 0 aliphatic carbocycles. The number of carbonyl (C=O) groups is 2. The second kappa shape index (κ2) is 10.9. The van der Waals surface area contributed by atoms with E-state index in [4.69, 9.17) is 10.1 Å². The molecule has 5 rings (SSSR count). The van der Waals surface area contributed by atoms with Gasteiger partial charge in [-0.1, -0.05) is 31.9 Å². The minimum atomic E-state index is -0.0839. The molecule has 8 heteroatoms. The van der Waals surface area contributed by atoms with Crippen molar-refractivity contribution in [1.29, 1.82) is 0 Å². The van der Waals surface area contributed by atoms with Crippen molar-refractivity contribution in [1.82, 2.24) is 24.5 Å². The molecule has 8 nitrogen and oxygen atoms in total. The predicted octanol–water partition coefficient (Wildman–Crippen LogP) is 4.94. The maximum Gasteiger partial charge on any atom is 0.272 e. The van der Waals surface area contributed by atoms with Crippen LogP contribution in [0.25, 0.3) is 16.9 Å². The molecule has 1 atom stereocenters. The Hall–Kier alpha value is -4.07. The van der Waals surface area contributed by atoms with Gasteiger partial charge in [-0.05, 0) is 62.1 Å². The Morgan fingerprint density at radius 1 is 1.03 bits per heavy atom. The standard InChI is InChI=1S/C29H32N6O2/c1-3-24-18-26(29(37)34-16-6-4-5-7-20(34)2)32-27-19-25(33-35(24)27)22-8-10-23(11-9-22)31-28(36)17-21-12-14-30-15-13-21/h8-15,18-20H,3-7,16-17H2,1-2H3,(H,31,36). The number of hydrogen-bond donors (Lipinski definition) is 1. The van der Waals surface area contributed by atoms with E-state index >= 15 is 0 Å². The molecule has 37 heavy (non-hydrogen) atoms. The number of amides is 2. The lowest BCUT2D eigenvalue weighted by atomic mass is 10.1. The fourth-order valence-electron chi connectivity index (χ4n) is 4.88. The zero-order valence-corrected chi connectivity index (χ0v) is 21.4. The number of rotatable bonds is 6. The van der Waals surface area contributed by atoms with Crippen molar-refractivity contribution in [3.8, 4) is 11.3 Å². The lowest BCUT2D eigenvalue weighted by molar-refractivity contribution is -0.115. The summed E-state index contributed by atoms with van der Waals surface area (Å²) in [7, 11) is 0. The van der Waals surface area contributed by atoms with Crippen LogP contribution in [-0.2, 0) is 17.6 Å². The maximum atomic E-state index is 13.4. The third-order valence-electron chi connectivity index (χ3n) is 6.97. The summed E-state index contributed by atoms with van der Waals surface area (Å²) >= 11 is 0. The van der Waals surface area contributed by atoms with E-state index < -0.39 is 0 Å². The normalized spacial score (nSPS) is 15.9. The third-order valence-corrected chi connectivity index (χ3v) is 6.97. The van der Waals surface area contributed by atoms with Gasteiger partial charge in [-0.3, -0.25) is 14.6 Å². The Balaban J connectivity index is 1.35. The lowest BCUT2D eigenvalue weighted by Crippen LogP contribution is -2.38. The number of aromatic nitrogens is 4. The zero-order chi connectivity index (χ0) is 25.8. The van der Waals surface area contributed by atoms with Gasteiger partial charge in [0.2, 0.25) is 5.91 Å². The van der Waals surface area contributed by atoms with Crippen molar-refractivity contribution >= 4 is 23.1 Å². The van der Waals surface area contributed by atoms with Crippen molar-refractivity contribution < 1.29 is 9.59 Å². The van der Waals surface area contributed by atoms with Gasteiger partial charge in [0.1, 0.15) is 5.69 Å². The van der Waals surface area contributed by atoms with E-state index in [1.165, 1.54) is 6.42 Å². The number of nitrogens with zero attached hydrogens (tertiary/aromatic N) is 5. The van der Waals surface area contributed by atoms with Gasteiger partial charge in [0, 0.05) is 48.0 Å². The Kier molecular flexibility index (Phi) is 7.25. The van der Waals surface area contributed by atoms with Gasteiger partial charge in [-0.25, -0.2) is 9.50 Å². The molecular formula is C29H32N6O2. The van der Waals surface area contributed by atoms with Crippen LogP contribution in [0.5, 0.6) is 0 Å². The highest BCUT2D eigenvalue weighted by Gasteiger charge is 2.25. The molecule has 1 aliphatic rings. The first-order chi connectivity index (χ1) is 18.0. The summed E-state index contributed by atoms with van der Waals surface area (Å²) in [4.78, 5) is 36.4. The Morgan fingerprint density at radius 3 is 2.57 bits per heavy atom. The average molecular weight is 497 g/mol. The summed E-state index contributed by atoms with van der Waals surface area (Å²) in [5, 5.41) is 7.71. The van der Waals surface area contributed by atoms with E-state index in [2.05, 4.69) is 24.1 Å². The van der Waals surface area contributed by atoms with E-state index in [9.17, 15) is 9.59 Å². The van der Waals surface area contributed by atoms with Crippen molar-refractivity contribution in [2.45, 2.75) is 58.4 Å². The fourth-order valence-corrected chi connectivity index (χ4v) is 4.88. The van der Waals surface area contributed by atoms with Crippen LogP contribution < -0.4 is 5.32 Å². The van der Waals surface area contributed by atoms with Crippen molar-refractivity contribution in [2.75, 3.05) is 11.9 Å². The van der Waals surface area contributed by atoms with Gasteiger partial charge in [0.15, 0.2) is 5.65 Å². The van der Waals surface area contributed by atoms with Crippen LogP contribution in [0, 0.1) is 0 Å². The number of anilines is 1. The van der Waals surface area contributed by atoms with Crippen molar-refractivity contribution in [2.24, 2.45) is 0 Å². The number of benzene rings is 1. The molecule has 3 aromatic heterocycles. The summed E-state index contributed by atoms with van der Waals surface area (Å²) in [6.07, 6.45) is 8.79. The minimum Gasteiger partial charge on any atom is -0.335 e. The highest BCUT2D eigenvalue weighted by Crippen LogP contribution is 2.24. The van der Waals surface area contributed by atoms with Crippen LogP contribution in [0.2, 0.25) is 0 Å². The minimum absolute atomic E-state index is 0.00112. The number of likely N-dealkylation sites (tertiary alicyclic amines) is 1. The average Bonchev–Trinajstić information content (AvgIpc) is 3.23. The lowest BCUT2D eigenvalue weighted by Gasteiger charge is -2.27. The van der Waals surface area contributed by atoms with Crippen LogP contribution in [0.3, 0.4) is 0 Å². The number of aryl methyl sites for hydroxylation is 1. The van der Waals surface area contributed by atoms with Gasteiger partial charge >= 0.3 is 0 Å². The highest BCUT2D eigenvalue weighted by atomic mass is 16.2. The molecule has 1 N–H and O–H groups in total. The molecule has 1 fully saturated rings. The highest BCUT2D eigenvalue weighted by molar-refractivity contribution is 5.93. The van der Waals surface area contributed by atoms with Crippen LogP contribution >= 0.6 is 0 Å². The number of hydrogen-bond acceptors (Lipinski definition) is 5. The van der Waals surface area contributed by atoms with Gasteiger partial charge < -0.3 is 10.2 Å². The first-order valence-electron chi connectivity index (χ1n) is 13.0. The van der Waals surface area contributed by atoms with Crippen molar-refractivity contribution in [3.05, 3.63) is 77.9 Å². The summed E-state index contributed by atoms with van der Waals surface area (Å²) in [6, 6.07) is 15.3. The molecule has 4 aromatic rings. The fraction of sp³-hybridized carbons (Fsp3) is 0.345. The summed E-state index contributed by atoms with van der Waals surface area (Å²) < 4.78 is 1.82. The summed E-state index contributed by atoms with van der Waals surface area (Å²) in [6.45, 7) is 4.97. The molecule has 1 saturated heterocycles. The third kappa shape index (κ3) is 5.53. The number of fused-ring (bicyclic) bond motifs is 1. The Bertz CT molecular complexity index is 1400. The molecule has 0 saturated carbocycles. The van der Waals surface area contributed by atoms with Gasteiger partial charge in [-0.2, -0.15) is 5.10 Å². The van der Waals surface area contributed by atoms with E-state index in [-0.39, 0.29) is 17.9 Å². The molecule has 0 radical (unpaired) electrons. The molecular weight excluding hydrogens is 464 g/mol. The predicted molar refractivity (Wildman–Crippen MR) is 143 cm³/mol. The van der Waals surface area contributed by atoms with Gasteiger partial charge in [0.25, 0.3) is 5.91 Å². The van der Waals surface area contributed by atoms with E-state index in [1.54, 1.807) is 12.4 Å². The van der Waals surface area contributed by atoms with Crippen LogP contribution in [-0.4, -0.2) is 48.9 Å². The Labute approximate surface area is 216 Å².